The van der Waals surface area contributed by atoms with Crippen LogP contribution in [0.1, 0.15) is 36.1 Å². The van der Waals surface area contributed by atoms with Crippen LogP contribution in [0.2, 0.25) is 0 Å². The number of carbonyl (C=O) groups excluding carboxylic acids is 1. The van der Waals surface area contributed by atoms with Crippen LogP contribution in [0.5, 0.6) is 0 Å². The molecule has 21 heavy (non-hydrogen) atoms. The molecule has 2 aromatic rings. The number of nitrogens with one attached hydrogen (secondary N) is 1. The summed E-state index contributed by atoms with van der Waals surface area (Å²) in [6.07, 6.45) is 0. The monoisotopic (exact) mass is 304 g/mol. The predicted molar refractivity (Wildman–Crippen MR) is 87.3 cm³/mol. The highest BCUT2D eigenvalue weighted by atomic mass is 32.1. The fourth-order valence-electron chi connectivity index (χ4n) is 1.86. The highest BCUT2D eigenvalue weighted by Crippen LogP contribution is 2.27. The molecule has 2 heterocycles. The van der Waals surface area contributed by atoms with Crippen molar-refractivity contribution in [1.82, 2.24) is 9.97 Å². The molecule has 0 radical (unpaired) electrons. The van der Waals surface area contributed by atoms with E-state index in [4.69, 9.17) is 0 Å². The summed E-state index contributed by atoms with van der Waals surface area (Å²) in [6, 6.07) is 5.54. The maximum absolute atomic E-state index is 12.4. The van der Waals surface area contributed by atoms with Crippen molar-refractivity contribution in [2.75, 3.05) is 24.3 Å². The lowest BCUT2D eigenvalue weighted by atomic mass is 9.91. The van der Waals surface area contributed by atoms with E-state index in [-0.39, 0.29) is 11.3 Å². The van der Waals surface area contributed by atoms with Gasteiger partial charge >= 0.3 is 0 Å². The summed E-state index contributed by atoms with van der Waals surface area (Å²) in [6.45, 7) is 6.14. The van der Waals surface area contributed by atoms with E-state index in [1.54, 1.807) is 11.6 Å². The summed E-state index contributed by atoms with van der Waals surface area (Å²) in [7, 11) is 3.82. The largest absolute Gasteiger partial charge is 0.363 e. The molecule has 0 aliphatic carbocycles. The predicted octanol–water partition coefficient (Wildman–Crippen LogP) is 3.15. The smallest absolute Gasteiger partial charge is 0.268 e. The summed E-state index contributed by atoms with van der Waals surface area (Å²) in [4.78, 5) is 23.7. The standard InChI is InChI=1S/C15H20N4OS/c1-15(2,3)13-12(21-9-16-13)14(20)18-10-7-6-8-11(17-10)19(4)5/h6-9H,1-5H3,(H,17,18,20). The topological polar surface area (TPSA) is 58.1 Å². The molecule has 0 atom stereocenters. The lowest BCUT2D eigenvalue weighted by Gasteiger charge is -2.17. The van der Waals surface area contributed by atoms with Gasteiger partial charge in [0, 0.05) is 19.5 Å². The lowest BCUT2D eigenvalue weighted by molar-refractivity contribution is 0.102. The molecule has 0 spiro atoms. The van der Waals surface area contributed by atoms with E-state index in [0.29, 0.717) is 10.7 Å². The van der Waals surface area contributed by atoms with Crippen LogP contribution in [-0.2, 0) is 5.41 Å². The maximum atomic E-state index is 12.4. The average molecular weight is 304 g/mol. The zero-order chi connectivity index (χ0) is 15.6. The van der Waals surface area contributed by atoms with E-state index in [1.807, 2.05) is 51.9 Å². The first-order valence-corrected chi connectivity index (χ1v) is 7.56. The number of thiazole rings is 1. The van der Waals surface area contributed by atoms with Gasteiger partial charge in [0.25, 0.3) is 5.91 Å². The Hall–Kier alpha value is -1.95. The number of anilines is 2. The Morgan fingerprint density at radius 1 is 1.29 bits per heavy atom. The Kier molecular flexibility index (Phi) is 4.27. The first-order valence-electron chi connectivity index (χ1n) is 6.69. The molecule has 0 aromatic carbocycles. The number of pyridine rings is 1. The van der Waals surface area contributed by atoms with E-state index < -0.39 is 0 Å². The van der Waals surface area contributed by atoms with E-state index >= 15 is 0 Å². The van der Waals surface area contributed by atoms with Gasteiger partial charge in [-0.2, -0.15) is 0 Å². The third kappa shape index (κ3) is 3.58. The molecule has 2 rings (SSSR count). The summed E-state index contributed by atoms with van der Waals surface area (Å²) in [5, 5.41) is 2.85. The molecule has 112 valence electrons. The quantitative estimate of drug-likeness (QED) is 0.946. The summed E-state index contributed by atoms with van der Waals surface area (Å²) >= 11 is 1.35. The number of carbonyl (C=O) groups is 1. The normalized spacial score (nSPS) is 11.3. The van der Waals surface area contributed by atoms with Crippen LogP contribution in [0.15, 0.2) is 23.7 Å². The molecule has 1 amide bonds. The van der Waals surface area contributed by atoms with Gasteiger partial charge in [-0.15, -0.1) is 11.3 Å². The zero-order valence-corrected chi connectivity index (χ0v) is 13.8. The van der Waals surface area contributed by atoms with Gasteiger partial charge in [-0.3, -0.25) is 4.79 Å². The van der Waals surface area contributed by atoms with Gasteiger partial charge in [-0.05, 0) is 12.1 Å². The van der Waals surface area contributed by atoms with E-state index in [0.717, 1.165) is 11.5 Å². The third-order valence-corrected chi connectivity index (χ3v) is 3.74. The molecule has 6 heteroatoms. The van der Waals surface area contributed by atoms with Gasteiger partial charge in [0.05, 0.1) is 11.2 Å². The maximum Gasteiger partial charge on any atom is 0.268 e. The molecule has 1 N–H and O–H groups in total. The number of hydrogen-bond donors (Lipinski definition) is 1. The van der Waals surface area contributed by atoms with Gasteiger partial charge in [0.15, 0.2) is 0 Å². The molecule has 0 aliphatic heterocycles. The van der Waals surface area contributed by atoms with Gasteiger partial charge in [-0.25, -0.2) is 9.97 Å². The first-order chi connectivity index (χ1) is 9.79. The van der Waals surface area contributed by atoms with Gasteiger partial charge in [0.1, 0.15) is 16.5 Å². The molecular formula is C15H20N4OS. The van der Waals surface area contributed by atoms with Crippen LogP contribution >= 0.6 is 11.3 Å². The molecule has 0 aliphatic rings. The first kappa shape index (κ1) is 15.4. The van der Waals surface area contributed by atoms with Crippen molar-refractivity contribution in [2.45, 2.75) is 26.2 Å². The van der Waals surface area contributed by atoms with Crippen molar-refractivity contribution in [1.29, 1.82) is 0 Å². The number of hydrogen-bond acceptors (Lipinski definition) is 5. The Labute approximate surface area is 129 Å². The van der Waals surface area contributed by atoms with E-state index in [9.17, 15) is 4.79 Å². The second-order valence-corrected chi connectivity index (χ2v) is 6.86. The minimum atomic E-state index is -0.161. The van der Waals surface area contributed by atoms with Crippen molar-refractivity contribution in [2.24, 2.45) is 0 Å². The molecule has 5 nitrogen and oxygen atoms in total. The number of aromatic nitrogens is 2. The van der Waals surface area contributed by atoms with Crippen molar-refractivity contribution >= 4 is 28.9 Å². The Morgan fingerprint density at radius 2 is 2.00 bits per heavy atom. The Bertz CT molecular complexity index is 643. The van der Waals surface area contributed by atoms with Crippen LogP contribution < -0.4 is 10.2 Å². The van der Waals surface area contributed by atoms with Gasteiger partial charge in [-0.1, -0.05) is 26.8 Å². The third-order valence-electron chi connectivity index (χ3n) is 2.92. The minimum absolute atomic E-state index is 0.161. The molecular weight excluding hydrogens is 284 g/mol. The van der Waals surface area contributed by atoms with Crippen LogP contribution in [0.25, 0.3) is 0 Å². The fourth-order valence-corrected chi connectivity index (χ4v) is 2.75. The highest BCUT2D eigenvalue weighted by Gasteiger charge is 2.25. The van der Waals surface area contributed by atoms with Crippen molar-refractivity contribution < 1.29 is 4.79 Å². The lowest BCUT2D eigenvalue weighted by Crippen LogP contribution is -2.20. The minimum Gasteiger partial charge on any atom is -0.363 e. The highest BCUT2D eigenvalue weighted by molar-refractivity contribution is 7.12. The zero-order valence-electron chi connectivity index (χ0n) is 13.0. The number of amides is 1. The number of rotatable bonds is 3. The second-order valence-electron chi connectivity index (χ2n) is 6.01. The van der Waals surface area contributed by atoms with Crippen LogP contribution in [-0.4, -0.2) is 30.0 Å². The van der Waals surface area contributed by atoms with Crippen LogP contribution in [0, 0.1) is 0 Å². The second kappa shape index (κ2) is 5.81. The average Bonchev–Trinajstić information content (AvgIpc) is 2.88. The van der Waals surface area contributed by atoms with Crippen molar-refractivity contribution in [3.63, 3.8) is 0 Å². The molecule has 0 saturated heterocycles. The summed E-state index contributed by atoms with van der Waals surface area (Å²) in [5.41, 5.74) is 2.36. The molecule has 0 saturated carbocycles. The molecule has 0 fully saturated rings. The van der Waals surface area contributed by atoms with E-state index in [1.165, 1.54) is 11.3 Å². The van der Waals surface area contributed by atoms with Gasteiger partial charge < -0.3 is 10.2 Å². The molecule has 0 unspecified atom stereocenters. The molecule has 0 bridgehead atoms. The van der Waals surface area contributed by atoms with Gasteiger partial charge in [0.2, 0.25) is 0 Å². The Balaban J connectivity index is 2.23. The van der Waals surface area contributed by atoms with Crippen molar-refractivity contribution in [3.8, 4) is 0 Å². The van der Waals surface area contributed by atoms with Crippen molar-refractivity contribution in [3.05, 3.63) is 34.3 Å². The SMILES string of the molecule is CN(C)c1cccc(NC(=O)c2scnc2C(C)(C)C)n1. The van der Waals surface area contributed by atoms with Crippen LogP contribution in [0.3, 0.4) is 0 Å². The molecule has 2 aromatic heterocycles. The Morgan fingerprint density at radius 3 is 2.62 bits per heavy atom. The van der Waals surface area contributed by atoms with Crippen LogP contribution in [0.4, 0.5) is 11.6 Å². The van der Waals surface area contributed by atoms with E-state index in [2.05, 4.69) is 15.3 Å². The number of nitrogens with zero attached hydrogens (tertiary/aromatic N) is 3. The fraction of sp³-hybridized carbons (Fsp3) is 0.400. The summed E-state index contributed by atoms with van der Waals surface area (Å²) < 4.78 is 0. The summed E-state index contributed by atoms with van der Waals surface area (Å²) in [5.74, 6) is 1.18.